The van der Waals surface area contributed by atoms with E-state index in [-0.39, 0.29) is 11.5 Å². The van der Waals surface area contributed by atoms with Crippen LogP contribution in [-0.2, 0) is 0 Å². The van der Waals surface area contributed by atoms with Crippen LogP contribution in [0.15, 0.2) is 48.5 Å². The van der Waals surface area contributed by atoms with E-state index >= 15 is 0 Å². The van der Waals surface area contributed by atoms with Gasteiger partial charge in [0.25, 0.3) is 0 Å². The fraction of sp³-hybridized carbons (Fsp3) is 0.188. The summed E-state index contributed by atoms with van der Waals surface area (Å²) in [7, 11) is 0. The number of ketones is 1. The number of rotatable bonds is 4. The van der Waals surface area contributed by atoms with Crippen LogP contribution < -0.4 is 0 Å². The zero-order valence-corrected chi connectivity index (χ0v) is 10.4. The SMILES string of the molecule is CCCC(=O)c1cc(-c2ccccc2)ccc1O. The van der Waals surface area contributed by atoms with Gasteiger partial charge in [0.15, 0.2) is 5.78 Å². The summed E-state index contributed by atoms with van der Waals surface area (Å²) in [5.74, 6) is 0.0564. The maximum atomic E-state index is 11.9. The van der Waals surface area contributed by atoms with Crippen molar-refractivity contribution in [1.29, 1.82) is 0 Å². The van der Waals surface area contributed by atoms with E-state index in [0.29, 0.717) is 12.0 Å². The predicted octanol–water partition coefficient (Wildman–Crippen LogP) is 4.04. The molecular weight excluding hydrogens is 224 g/mol. The summed E-state index contributed by atoms with van der Waals surface area (Å²) in [6.45, 7) is 1.95. The second-order valence-electron chi connectivity index (χ2n) is 4.27. The Bertz CT molecular complexity index is 544. The molecule has 0 aliphatic heterocycles. The van der Waals surface area contributed by atoms with Gasteiger partial charge in [0.1, 0.15) is 5.75 Å². The summed E-state index contributed by atoms with van der Waals surface area (Å²) in [4.78, 5) is 11.9. The lowest BCUT2D eigenvalue weighted by atomic mass is 9.99. The van der Waals surface area contributed by atoms with Crippen LogP contribution >= 0.6 is 0 Å². The zero-order valence-electron chi connectivity index (χ0n) is 10.4. The Labute approximate surface area is 107 Å². The lowest BCUT2D eigenvalue weighted by molar-refractivity contribution is 0.0979. The van der Waals surface area contributed by atoms with Gasteiger partial charge < -0.3 is 5.11 Å². The molecule has 2 rings (SSSR count). The molecule has 1 N–H and O–H groups in total. The van der Waals surface area contributed by atoms with Gasteiger partial charge in [-0.3, -0.25) is 4.79 Å². The average Bonchev–Trinajstić information content (AvgIpc) is 2.40. The van der Waals surface area contributed by atoms with Crippen molar-refractivity contribution in [1.82, 2.24) is 0 Å². The topological polar surface area (TPSA) is 37.3 Å². The van der Waals surface area contributed by atoms with E-state index < -0.39 is 0 Å². The van der Waals surface area contributed by atoms with E-state index in [0.717, 1.165) is 17.5 Å². The van der Waals surface area contributed by atoms with Gasteiger partial charge in [-0.1, -0.05) is 43.3 Å². The van der Waals surface area contributed by atoms with Crippen molar-refractivity contribution < 1.29 is 9.90 Å². The summed E-state index contributed by atoms with van der Waals surface area (Å²) >= 11 is 0. The number of carbonyl (C=O) groups excluding carboxylic acids is 1. The predicted molar refractivity (Wildman–Crippen MR) is 72.8 cm³/mol. The summed E-state index contributed by atoms with van der Waals surface area (Å²) in [5.41, 5.74) is 2.41. The highest BCUT2D eigenvalue weighted by Gasteiger charge is 2.11. The van der Waals surface area contributed by atoms with Crippen molar-refractivity contribution in [2.75, 3.05) is 0 Å². The molecular formula is C16H16O2. The molecule has 0 unspecified atom stereocenters. The number of hydrogen-bond acceptors (Lipinski definition) is 2. The third-order valence-corrected chi connectivity index (χ3v) is 2.88. The van der Waals surface area contributed by atoms with Crippen molar-refractivity contribution in [2.45, 2.75) is 19.8 Å². The maximum Gasteiger partial charge on any atom is 0.166 e. The Balaban J connectivity index is 2.41. The second kappa shape index (κ2) is 5.50. The van der Waals surface area contributed by atoms with Gasteiger partial charge in [0.05, 0.1) is 5.56 Å². The molecule has 0 aromatic heterocycles. The molecule has 0 aliphatic carbocycles. The largest absolute Gasteiger partial charge is 0.507 e. The monoisotopic (exact) mass is 240 g/mol. The number of aromatic hydroxyl groups is 1. The van der Waals surface area contributed by atoms with Crippen LogP contribution in [0.4, 0.5) is 0 Å². The van der Waals surface area contributed by atoms with Crippen LogP contribution in [0.2, 0.25) is 0 Å². The van der Waals surface area contributed by atoms with Crippen molar-refractivity contribution >= 4 is 5.78 Å². The average molecular weight is 240 g/mol. The highest BCUT2D eigenvalue weighted by atomic mass is 16.3. The van der Waals surface area contributed by atoms with E-state index in [2.05, 4.69) is 0 Å². The minimum Gasteiger partial charge on any atom is -0.507 e. The smallest absolute Gasteiger partial charge is 0.166 e. The van der Waals surface area contributed by atoms with Gasteiger partial charge in [0.2, 0.25) is 0 Å². The van der Waals surface area contributed by atoms with Crippen molar-refractivity contribution in [3.8, 4) is 16.9 Å². The number of carbonyl (C=O) groups is 1. The fourth-order valence-corrected chi connectivity index (χ4v) is 1.93. The minimum absolute atomic E-state index is 0.00668. The second-order valence-corrected chi connectivity index (χ2v) is 4.27. The van der Waals surface area contributed by atoms with Gasteiger partial charge in [0, 0.05) is 6.42 Å². The Morgan fingerprint density at radius 2 is 1.78 bits per heavy atom. The van der Waals surface area contributed by atoms with Gasteiger partial charge in [-0.2, -0.15) is 0 Å². The normalized spacial score (nSPS) is 10.3. The number of hydrogen-bond donors (Lipinski definition) is 1. The lowest BCUT2D eigenvalue weighted by Crippen LogP contribution is -1.99. The van der Waals surface area contributed by atoms with Crippen LogP contribution in [0.1, 0.15) is 30.1 Å². The molecule has 0 aliphatic rings. The maximum absolute atomic E-state index is 11.9. The van der Waals surface area contributed by atoms with Crippen LogP contribution in [0.25, 0.3) is 11.1 Å². The van der Waals surface area contributed by atoms with Crippen LogP contribution in [0.5, 0.6) is 5.75 Å². The van der Waals surface area contributed by atoms with Gasteiger partial charge >= 0.3 is 0 Å². The first-order valence-electron chi connectivity index (χ1n) is 6.14. The summed E-state index contributed by atoms with van der Waals surface area (Å²) in [6, 6.07) is 15.0. The molecule has 0 heterocycles. The Kier molecular flexibility index (Phi) is 3.78. The highest BCUT2D eigenvalue weighted by molar-refractivity contribution is 5.99. The molecule has 2 aromatic rings. The van der Waals surface area contributed by atoms with Crippen molar-refractivity contribution in [2.24, 2.45) is 0 Å². The van der Waals surface area contributed by atoms with Gasteiger partial charge in [-0.15, -0.1) is 0 Å². The molecule has 0 spiro atoms. The van der Waals surface area contributed by atoms with E-state index in [4.69, 9.17) is 0 Å². The van der Waals surface area contributed by atoms with Crippen LogP contribution in [0, 0.1) is 0 Å². The van der Waals surface area contributed by atoms with Crippen LogP contribution in [0.3, 0.4) is 0 Å². The summed E-state index contributed by atoms with van der Waals surface area (Å²) in [6.07, 6.45) is 1.25. The van der Waals surface area contributed by atoms with Crippen LogP contribution in [-0.4, -0.2) is 10.9 Å². The Morgan fingerprint density at radius 1 is 1.06 bits per heavy atom. The lowest BCUT2D eigenvalue weighted by Gasteiger charge is -2.07. The first kappa shape index (κ1) is 12.4. The first-order valence-corrected chi connectivity index (χ1v) is 6.14. The Morgan fingerprint density at radius 3 is 2.44 bits per heavy atom. The van der Waals surface area contributed by atoms with E-state index in [1.807, 2.05) is 43.3 Å². The zero-order chi connectivity index (χ0) is 13.0. The molecule has 0 fully saturated rings. The van der Waals surface area contributed by atoms with E-state index in [1.54, 1.807) is 12.1 Å². The third kappa shape index (κ3) is 2.59. The van der Waals surface area contributed by atoms with Crippen molar-refractivity contribution in [3.63, 3.8) is 0 Å². The standard InChI is InChI=1S/C16H16O2/c1-2-6-15(17)14-11-13(9-10-16(14)18)12-7-4-3-5-8-12/h3-5,7-11,18H,2,6H2,1H3. The minimum atomic E-state index is -0.00668. The summed E-state index contributed by atoms with van der Waals surface area (Å²) < 4.78 is 0. The molecule has 2 heteroatoms. The van der Waals surface area contributed by atoms with Gasteiger partial charge in [-0.05, 0) is 29.7 Å². The molecule has 18 heavy (non-hydrogen) atoms. The van der Waals surface area contributed by atoms with Crippen molar-refractivity contribution in [3.05, 3.63) is 54.1 Å². The molecule has 0 bridgehead atoms. The van der Waals surface area contributed by atoms with E-state index in [9.17, 15) is 9.90 Å². The summed E-state index contributed by atoms with van der Waals surface area (Å²) in [5, 5.41) is 9.76. The Hall–Kier alpha value is -2.09. The molecule has 0 atom stereocenters. The quantitative estimate of drug-likeness (QED) is 0.819. The number of benzene rings is 2. The number of phenolic OH excluding ortho intramolecular Hbond substituents is 1. The number of Topliss-reactive ketones (excluding diaryl/α,β-unsaturated/α-hetero) is 1. The third-order valence-electron chi connectivity index (χ3n) is 2.88. The van der Waals surface area contributed by atoms with Gasteiger partial charge in [-0.25, -0.2) is 0 Å². The van der Waals surface area contributed by atoms with E-state index in [1.165, 1.54) is 0 Å². The molecule has 2 aromatic carbocycles. The highest BCUT2D eigenvalue weighted by Crippen LogP contribution is 2.26. The molecule has 92 valence electrons. The number of phenols is 1. The molecule has 0 saturated heterocycles. The first-order chi connectivity index (χ1) is 8.72. The molecule has 0 amide bonds. The molecule has 0 radical (unpaired) electrons. The molecule has 2 nitrogen and oxygen atoms in total. The fourth-order valence-electron chi connectivity index (χ4n) is 1.93. The molecule has 0 saturated carbocycles.